The molecule has 3 heterocycles. The average molecular weight is 456 g/mol. The molecule has 0 aliphatic carbocycles. The number of likely N-dealkylation sites (tertiary alicyclic amines) is 2. The number of amides is 1. The fraction of sp³-hybridized carbons (Fsp3) is 0.538. The first kappa shape index (κ1) is 23.6. The van der Waals surface area contributed by atoms with Gasteiger partial charge in [-0.3, -0.25) is 9.78 Å². The van der Waals surface area contributed by atoms with E-state index in [0.29, 0.717) is 44.1 Å². The van der Waals surface area contributed by atoms with E-state index < -0.39 is 11.8 Å². The summed E-state index contributed by atoms with van der Waals surface area (Å²) in [5.74, 6) is 1.17. The monoisotopic (exact) mass is 455 g/mol. The maximum atomic E-state index is 13.8. The quantitative estimate of drug-likeness (QED) is 0.688. The molecule has 0 unspecified atom stereocenters. The number of aromatic nitrogens is 1. The van der Waals surface area contributed by atoms with Crippen molar-refractivity contribution in [1.82, 2.24) is 14.8 Å². The molecule has 0 radical (unpaired) electrons. The Balaban J connectivity index is 1.26. The molecule has 1 atom stereocenters. The standard InChI is InChI=1S/C26H34FN3O3/c1-26(2,27)18-29-12-9-19(10-13-29)17-33-23-7-8-24(28-15-23)20-3-5-21(6-4-20)25(32)30-14-11-22(31)16-30/h3-8,15,19,22,31H,9-14,16-18H2,1-2H3/t22-/m1/s1. The highest BCUT2D eigenvalue weighted by atomic mass is 19.1. The van der Waals surface area contributed by atoms with E-state index in [9.17, 15) is 14.3 Å². The van der Waals surface area contributed by atoms with Gasteiger partial charge in [-0.05, 0) is 76.4 Å². The van der Waals surface area contributed by atoms with E-state index >= 15 is 0 Å². The van der Waals surface area contributed by atoms with Crippen molar-refractivity contribution in [2.75, 3.05) is 39.3 Å². The summed E-state index contributed by atoms with van der Waals surface area (Å²) in [4.78, 5) is 20.9. The molecule has 0 spiro atoms. The fourth-order valence-electron chi connectivity index (χ4n) is 4.59. The van der Waals surface area contributed by atoms with E-state index in [0.717, 1.165) is 42.9 Å². The summed E-state index contributed by atoms with van der Waals surface area (Å²) in [7, 11) is 0. The molecule has 2 fully saturated rings. The number of carbonyl (C=O) groups excluding carboxylic acids is 1. The number of piperidine rings is 1. The fourth-order valence-corrected chi connectivity index (χ4v) is 4.59. The van der Waals surface area contributed by atoms with Crippen LogP contribution >= 0.6 is 0 Å². The van der Waals surface area contributed by atoms with E-state index in [2.05, 4.69) is 9.88 Å². The zero-order valence-corrected chi connectivity index (χ0v) is 19.5. The Morgan fingerprint density at radius 2 is 1.85 bits per heavy atom. The second kappa shape index (κ2) is 10.2. The van der Waals surface area contributed by atoms with Gasteiger partial charge in [-0.15, -0.1) is 0 Å². The number of ether oxygens (including phenoxy) is 1. The van der Waals surface area contributed by atoms with Crippen molar-refractivity contribution in [2.24, 2.45) is 5.92 Å². The molecule has 2 aliphatic heterocycles. The molecule has 4 rings (SSSR count). The number of aliphatic hydroxyl groups is 1. The van der Waals surface area contributed by atoms with Gasteiger partial charge in [0.05, 0.1) is 24.6 Å². The summed E-state index contributed by atoms with van der Waals surface area (Å²) in [6.07, 6.45) is 3.99. The van der Waals surface area contributed by atoms with Crippen molar-refractivity contribution in [3.05, 3.63) is 48.2 Å². The highest BCUT2D eigenvalue weighted by Crippen LogP contribution is 2.24. The van der Waals surface area contributed by atoms with Gasteiger partial charge in [0.2, 0.25) is 0 Å². The number of nitrogens with zero attached hydrogens (tertiary/aromatic N) is 3. The Labute approximate surface area is 195 Å². The molecule has 0 saturated carbocycles. The van der Waals surface area contributed by atoms with Crippen molar-refractivity contribution in [3.63, 3.8) is 0 Å². The highest BCUT2D eigenvalue weighted by Gasteiger charge is 2.26. The van der Waals surface area contributed by atoms with Gasteiger partial charge < -0.3 is 19.6 Å². The van der Waals surface area contributed by atoms with Crippen LogP contribution in [0, 0.1) is 5.92 Å². The normalized spacial score (nSPS) is 20.2. The summed E-state index contributed by atoms with van der Waals surface area (Å²) >= 11 is 0. The Morgan fingerprint density at radius 3 is 2.42 bits per heavy atom. The topological polar surface area (TPSA) is 65.9 Å². The first-order valence-electron chi connectivity index (χ1n) is 11.8. The Morgan fingerprint density at radius 1 is 1.12 bits per heavy atom. The van der Waals surface area contributed by atoms with Crippen molar-refractivity contribution < 1.29 is 19.0 Å². The largest absolute Gasteiger partial charge is 0.492 e. The van der Waals surface area contributed by atoms with Crippen LogP contribution in [0.25, 0.3) is 11.3 Å². The van der Waals surface area contributed by atoms with Crippen molar-refractivity contribution in [2.45, 2.75) is 44.9 Å². The summed E-state index contributed by atoms with van der Waals surface area (Å²) in [6, 6.07) is 11.3. The SMILES string of the molecule is CC(C)(F)CN1CCC(COc2ccc(-c3ccc(C(=O)N4CC[C@@H](O)C4)cc3)nc2)CC1. The van der Waals surface area contributed by atoms with Crippen LogP contribution in [0.2, 0.25) is 0 Å². The minimum absolute atomic E-state index is 0.0472. The van der Waals surface area contributed by atoms with E-state index in [1.165, 1.54) is 0 Å². The zero-order valence-electron chi connectivity index (χ0n) is 19.5. The van der Waals surface area contributed by atoms with Crippen LogP contribution in [0.1, 0.15) is 43.5 Å². The number of rotatable bonds is 7. The van der Waals surface area contributed by atoms with Gasteiger partial charge in [-0.2, -0.15) is 0 Å². The van der Waals surface area contributed by atoms with Crippen LogP contribution in [0.5, 0.6) is 5.75 Å². The number of β-amino-alcohol motifs (C(OH)–C–C–N with tert-alkyl or cyclic N) is 1. The van der Waals surface area contributed by atoms with Crippen molar-refractivity contribution in [3.8, 4) is 17.0 Å². The highest BCUT2D eigenvalue weighted by molar-refractivity contribution is 5.94. The number of benzene rings is 1. The maximum absolute atomic E-state index is 13.8. The predicted molar refractivity (Wildman–Crippen MR) is 126 cm³/mol. The molecule has 0 bridgehead atoms. The number of carbonyl (C=O) groups is 1. The summed E-state index contributed by atoms with van der Waals surface area (Å²) in [6.45, 7) is 7.22. The van der Waals surface area contributed by atoms with E-state index in [-0.39, 0.29) is 5.91 Å². The smallest absolute Gasteiger partial charge is 0.253 e. The third-order valence-corrected chi connectivity index (χ3v) is 6.41. The van der Waals surface area contributed by atoms with Crippen LogP contribution in [-0.4, -0.2) is 76.9 Å². The zero-order chi connectivity index (χ0) is 23.4. The first-order chi connectivity index (χ1) is 15.8. The van der Waals surface area contributed by atoms with E-state index in [1.54, 1.807) is 24.9 Å². The lowest BCUT2D eigenvalue weighted by atomic mass is 9.97. The number of pyridine rings is 1. The number of hydrogen-bond donors (Lipinski definition) is 1. The molecule has 6 nitrogen and oxygen atoms in total. The molecular weight excluding hydrogens is 421 g/mol. The molecule has 178 valence electrons. The van der Waals surface area contributed by atoms with Crippen molar-refractivity contribution in [1.29, 1.82) is 0 Å². The maximum Gasteiger partial charge on any atom is 0.253 e. The van der Waals surface area contributed by atoms with Crippen LogP contribution in [0.4, 0.5) is 4.39 Å². The Kier molecular flexibility index (Phi) is 7.29. The summed E-state index contributed by atoms with van der Waals surface area (Å²) in [5, 5.41) is 9.64. The first-order valence-corrected chi connectivity index (χ1v) is 11.8. The van der Waals surface area contributed by atoms with E-state index in [4.69, 9.17) is 4.74 Å². The van der Waals surface area contributed by atoms with Crippen LogP contribution < -0.4 is 4.74 Å². The lowest BCUT2D eigenvalue weighted by Gasteiger charge is -2.34. The van der Waals surface area contributed by atoms with Gasteiger partial charge in [0.15, 0.2) is 0 Å². The summed E-state index contributed by atoms with van der Waals surface area (Å²) in [5.41, 5.74) is 1.22. The number of hydrogen-bond acceptors (Lipinski definition) is 5. The van der Waals surface area contributed by atoms with Crippen LogP contribution in [0.3, 0.4) is 0 Å². The molecular formula is C26H34FN3O3. The third kappa shape index (κ3) is 6.51. The second-order valence-corrected chi connectivity index (χ2v) is 9.90. The molecule has 2 aliphatic rings. The molecule has 1 amide bonds. The molecule has 2 saturated heterocycles. The van der Waals surface area contributed by atoms with Gasteiger partial charge in [0.25, 0.3) is 5.91 Å². The van der Waals surface area contributed by atoms with Gasteiger partial charge in [-0.1, -0.05) is 12.1 Å². The number of halogens is 1. The Bertz CT molecular complexity index is 919. The van der Waals surface area contributed by atoms with Gasteiger partial charge in [0, 0.05) is 30.8 Å². The lowest BCUT2D eigenvalue weighted by Crippen LogP contribution is -2.41. The van der Waals surface area contributed by atoms with Crippen LogP contribution in [-0.2, 0) is 0 Å². The lowest BCUT2D eigenvalue weighted by molar-refractivity contribution is 0.0765. The Hall–Kier alpha value is -2.51. The minimum atomic E-state index is -1.15. The third-order valence-electron chi connectivity index (χ3n) is 6.41. The molecule has 1 N–H and O–H groups in total. The molecule has 1 aromatic heterocycles. The van der Waals surface area contributed by atoms with Crippen LogP contribution in [0.15, 0.2) is 42.6 Å². The number of alkyl halides is 1. The van der Waals surface area contributed by atoms with Gasteiger partial charge >= 0.3 is 0 Å². The summed E-state index contributed by atoms with van der Waals surface area (Å²) < 4.78 is 19.8. The molecule has 33 heavy (non-hydrogen) atoms. The van der Waals surface area contributed by atoms with Gasteiger partial charge in [0.1, 0.15) is 11.4 Å². The molecule has 1 aromatic carbocycles. The number of aliphatic hydroxyl groups excluding tert-OH is 1. The average Bonchev–Trinajstić information content (AvgIpc) is 3.24. The van der Waals surface area contributed by atoms with E-state index in [1.807, 2.05) is 36.4 Å². The van der Waals surface area contributed by atoms with Crippen molar-refractivity contribution >= 4 is 5.91 Å². The minimum Gasteiger partial charge on any atom is -0.492 e. The second-order valence-electron chi connectivity index (χ2n) is 9.90. The molecule has 2 aromatic rings. The molecule has 7 heteroatoms. The predicted octanol–water partition coefficient (Wildman–Crippen LogP) is 3.79. The van der Waals surface area contributed by atoms with Gasteiger partial charge in [-0.25, -0.2) is 4.39 Å².